The maximum Gasteiger partial charge on any atom is 0.0318 e. The molecule has 0 aromatic rings. The van der Waals surface area contributed by atoms with Crippen molar-refractivity contribution < 1.29 is 0 Å². The van der Waals surface area contributed by atoms with E-state index in [9.17, 15) is 0 Å². The summed E-state index contributed by atoms with van der Waals surface area (Å²) in [5, 5.41) is 3.13. The molecule has 0 aromatic carbocycles. The van der Waals surface area contributed by atoms with Crippen LogP contribution >= 0.6 is 0 Å². The van der Waals surface area contributed by atoms with Crippen LogP contribution in [-0.2, 0) is 0 Å². The van der Waals surface area contributed by atoms with Crippen LogP contribution in [0.1, 0.15) is 6.92 Å². The monoisotopic (exact) mass is 86.1 g/mol. The van der Waals surface area contributed by atoms with E-state index in [1.807, 2.05) is 0 Å². The molecule has 1 saturated heterocycles. The van der Waals surface area contributed by atoms with Crippen LogP contribution in [0.5, 0.6) is 0 Å². The summed E-state index contributed by atoms with van der Waals surface area (Å²) < 4.78 is 0. The number of rotatable bonds is 0. The second-order valence-electron chi connectivity index (χ2n) is 1.86. The third kappa shape index (κ3) is 0.420. The molecule has 0 amide bonds. The third-order valence-electron chi connectivity index (χ3n) is 1.32. The lowest BCUT2D eigenvalue weighted by atomic mass is 10.0. The molecule has 1 fully saturated rings. The molecule has 2 nitrogen and oxygen atoms in total. The van der Waals surface area contributed by atoms with Crippen molar-refractivity contribution in [1.29, 1.82) is 0 Å². The highest BCUT2D eigenvalue weighted by Crippen LogP contribution is 1.96. The highest BCUT2D eigenvalue weighted by molar-refractivity contribution is 4.87. The van der Waals surface area contributed by atoms with Crippen molar-refractivity contribution in [3.63, 3.8) is 0 Å². The van der Waals surface area contributed by atoms with Gasteiger partial charge in [-0.05, 0) is 6.92 Å². The molecule has 36 valence electrons. The SMILES string of the molecule is C[C@@H]1NC[C@@H]1N. The van der Waals surface area contributed by atoms with Crippen LogP contribution in [0.4, 0.5) is 0 Å². The molecule has 0 radical (unpaired) electrons. The van der Waals surface area contributed by atoms with E-state index in [-0.39, 0.29) is 0 Å². The van der Waals surface area contributed by atoms with Crippen LogP contribution in [0, 0.1) is 0 Å². The molecule has 2 heteroatoms. The second-order valence-corrected chi connectivity index (χ2v) is 1.86. The first-order chi connectivity index (χ1) is 2.80. The largest absolute Gasteiger partial charge is 0.325 e. The lowest BCUT2D eigenvalue weighted by Crippen LogP contribution is -2.60. The fourth-order valence-electron chi connectivity index (χ4n) is 0.490. The van der Waals surface area contributed by atoms with Crippen molar-refractivity contribution in [3.05, 3.63) is 0 Å². The number of hydrogen-bond acceptors (Lipinski definition) is 2. The maximum atomic E-state index is 5.46. The molecule has 0 spiro atoms. The van der Waals surface area contributed by atoms with E-state index in [1.165, 1.54) is 0 Å². The topological polar surface area (TPSA) is 38.0 Å². The summed E-state index contributed by atoms with van der Waals surface area (Å²) in [7, 11) is 0. The molecule has 1 aliphatic heterocycles. The summed E-state index contributed by atoms with van der Waals surface area (Å²) in [4.78, 5) is 0. The van der Waals surface area contributed by atoms with Gasteiger partial charge in [0.25, 0.3) is 0 Å². The quantitative estimate of drug-likeness (QED) is 0.409. The first-order valence-electron chi connectivity index (χ1n) is 2.29. The van der Waals surface area contributed by atoms with Crippen molar-refractivity contribution >= 4 is 0 Å². The van der Waals surface area contributed by atoms with Gasteiger partial charge >= 0.3 is 0 Å². The lowest BCUT2D eigenvalue weighted by Gasteiger charge is -2.31. The Morgan fingerprint density at radius 2 is 2.33 bits per heavy atom. The first kappa shape index (κ1) is 4.09. The van der Waals surface area contributed by atoms with Crippen LogP contribution in [0.15, 0.2) is 0 Å². The predicted molar refractivity (Wildman–Crippen MR) is 25.4 cm³/mol. The van der Waals surface area contributed by atoms with Gasteiger partial charge in [-0.1, -0.05) is 0 Å². The minimum absolute atomic E-state index is 0.421. The molecule has 0 unspecified atom stereocenters. The van der Waals surface area contributed by atoms with Crippen LogP contribution in [-0.4, -0.2) is 18.6 Å². The summed E-state index contributed by atoms with van der Waals surface area (Å²) in [6, 6.07) is 0.981. The van der Waals surface area contributed by atoms with Gasteiger partial charge < -0.3 is 11.1 Å². The van der Waals surface area contributed by atoms with Gasteiger partial charge in [0.1, 0.15) is 0 Å². The summed E-state index contributed by atoms with van der Waals surface area (Å²) in [5.41, 5.74) is 5.46. The van der Waals surface area contributed by atoms with Crippen molar-refractivity contribution in [2.24, 2.45) is 5.73 Å². The zero-order valence-corrected chi connectivity index (χ0v) is 3.94. The van der Waals surface area contributed by atoms with Gasteiger partial charge in [-0.2, -0.15) is 0 Å². The van der Waals surface area contributed by atoms with E-state index in [4.69, 9.17) is 5.73 Å². The Balaban J connectivity index is 2.20. The fourth-order valence-corrected chi connectivity index (χ4v) is 0.490. The molecule has 3 N–H and O–H groups in total. The molecule has 6 heavy (non-hydrogen) atoms. The smallest absolute Gasteiger partial charge is 0.0318 e. The summed E-state index contributed by atoms with van der Waals surface area (Å²) >= 11 is 0. The highest BCUT2D eigenvalue weighted by atomic mass is 15.1. The molecule has 1 rings (SSSR count). The molecule has 1 heterocycles. The van der Waals surface area contributed by atoms with Gasteiger partial charge in [0.2, 0.25) is 0 Å². The average molecular weight is 86.1 g/mol. The van der Waals surface area contributed by atoms with E-state index >= 15 is 0 Å². The Bertz CT molecular complexity index is 45.5. The Morgan fingerprint density at radius 1 is 1.83 bits per heavy atom. The second kappa shape index (κ2) is 1.21. The Hall–Kier alpha value is -0.0800. The molecular formula is C4H10N2. The number of hydrogen-bond donors (Lipinski definition) is 2. The zero-order chi connectivity index (χ0) is 4.57. The van der Waals surface area contributed by atoms with Crippen molar-refractivity contribution in [3.8, 4) is 0 Å². The minimum atomic E-state index is 0.421. The third-order valence-corrected chi connectivity index (χ3v) is 1.32. The van der Waals surface area contributed by atoms with Crippen molar-refractivity contribution in [1.82, 2.24) is 5.32 Å². The Labute approximate surface area is 37.7 Å². The lowest BCUT2D eigenvalue weighted by molar-refractivity contribution is 0.335. The molecule has 0 aromatic heterocycles. The van der Waals surface area contributed by atoms with E-state index in [1.54, 1.807) is 0 Å². The van der Waals surface area contributed by atoms with Crippen molar-refractivity contribution in [2.45, 2.75) is 19.0 Å². The summed E-state index contributed by atoms with van der Waals surface area (Å²) in [6.07, 6.45) is 0. The van der Waals surface area contributed by atoms with Gasteiger partial charge in [0, 0.05) is 18.6 Å². The van der Waals surface area contributed by atoms with E-state index in [0.717, 1.165) is 6.54 Å². The first-order valence-corrected chi connectivity index (χ1v) is 2.29. The van der Waals surface area contributed by atoms with Crippen molar-refractivity contribution in [2.75, 3.05) is 6.54 Å². The van der Waals surface area contributed by atoms with E-state index < -0.39 is 0 Å². The minimum Gasteiger partial charge on any atom is -0.325 e. The number of nitrogens with two attached hydrogens (primary N) is 1. The molecule has 0 aliphatic carbocycles. The van der Waals surface area contributed by atoms with Gasteiger partial charge in [0.15, 0.2) is 0 Å². The van der Waals surface area contributed by atoms with Gasteiger partial charge in [-0.25, -0.2) is 0 Å². The van der Waals surface area contributed by atoms with Gasteiger partial charge in [-0.3, -0.25) is 0 Å². The molecule has 0 saturated carbocycles. The van der Waals surface area contributed by atoms with Crippen LogP contribution in [0.25, 0.3) is 0 Å². The molecule has 0 bridgehead atoms. The summed E-state index contributed by atoms with van der Waals surface area (Å²) in [5.74, 6) is 0. The number of nitrogens with one attached hydrogen (secondary N) is 1. The maximum absolute atomic E-state index is 5.46. The normalized spacial score (nSPS) is 45.0. The molecule has 1 aliphatic rings. The predicted octanol–water partition coefficient (Wildman–Crippen LogP) is -0.695. The van der Waals surface area contributed by atoms with Crippen LogP contribution < -0.4 is 11.1 Å². The van der Waals surface area contributed by atoms with Crippen LogP contribution in [0.3, 0.4) is 0 Å². The van der Waals surface area contributed by atoms with E-state index in [2.05, 4.69) is 12.2 Å². The standard InChI is InChI=1S/C4H10N2/c1-3-4(5)2-6-3/h3-4,6H,2,5H2,1H3/t3-,4-/m0/s1. The van der Waals surface area contributed by atoms with Gasteiger partial charge in [0.05, 0.1) is 0 Å². The van der Waals surface area contributed by atoms with Gasteiger partial charge in [-0.15, -0.1) is 0 Å². The zero-order valence-electron chi connectivity index (χ0n) is 3.94. The Kier molecular flexibility index (Phi) is 0.821. The van der Waals surface area contributed by atoms with Crippen LogP contribution in [0.2, 0.25) is 0 Å². The summed E-state index contributed by atoms with van der Waals surface area (Å²) in [6.45, 7) is 3.09. The average Bonchev–Trinajstić information content (AvgIpc) is 1.61. The van der Waals surface area contributed by atoms with E-state index in [0.29, 0.717) is 12.1 Å². The molecular weight excluding hydrogens is 76.1 g/mol. The Morgan fingerprint density at radius 3 is 2.33 bits per heavy atom. The highest BCUT2D eigenvalue weighted by Gasteiger charge is 2.20. The fraction of sp³-hybridized carbons (Fsp3) is 1.00. The molecule has 2 atom stereocenters.